The van der Waals surface area contributed by atoms with E-state index in [2.05, 4.69) is 35.3 Å². The molecular weight excluding hydrogens is 665 g/mol. The summed E-state index contributed by atoms with van der Waals surface area (Å²) in [4.78, 5) is 19.4. The van der Waals surface area contributed by atoms with Gasteiger partial charge in [0.2, 0.25) is 0 Å². The van der Waals surface area contributed by atoms with Crippen LogP contribution < -0.4 is 9.57 Å². The largest absolute Gasteiger partial charge is 0.457 e. The van der Waals surface area contributed by atoms with E-state index < -0.39 is 10.1 Å². The molecule has 47 heavy (non-hydrogen) atoms. The van der Waals surface area contributed by atoms with E-state index in [9.17, 15) is 13.2 Å². The molecule has 0 amide bonds. The summed E-state index contributed by atoms with van der Waals surface area (Å²) >= 11 is 12.1. The molecule has 256 valence electrons. The van der Waals surface area contributed by atoms with Crippen molar-refractivity contribution in [1.29, 1.82) is 0 Å². The SMILES string of the molecule is CC(C)(C)COS(C)(=O)=O.CCOCC(C)(C)C.O=C(c1ccc(Oc2ccc(On3ccnn3)cc2)cc1)c1cc(Cl)ccc1Cl. The van der Waals surface area contributed by atoms with Gasteiger partial charge in [-0.3, -0.25) is 8.98 Å². The molecule has 10 nitrogen and oxygen atoms in total. The first-order valence-electron chi connectivity index (χ1n) is 14.7. The Balaban J connectivity index is 0.000000352. The second kappa shape index (κ2) is 18.2. The van der Waals surface area contributed by atoms with Crippen molar-refractivity contribution in [2.75, 3.05) is 26.1 Å². The van der Waals surface area contributed by atoms with Crippen LogP contribution in [0.4, 0.5) is 0 Å². The Morgan fingerprint density at radius 1 is 0.830 bits per heavy atom. The second-order valence-corrected chi connectivity index (χ2v) is 15.2. The highest BCUT2D eigenvalue weighted by molar-refractivity contribution is 7.85. The number of benzene rings is 3. The molecule has 0 N–H and O–H groups in total. The monoisotopic (exact) mass is 707 g/mol. The van der Waals surface area contributed by atoms with E-state index in [1.54, 1.807) is 72.9 Å². The molecule has 0 radical (unpaired) electrons. The van der Waals surface area contributed by atoms with Crippen molar-refractivity contribution in [3.63, 3.8) is 0 Å². The standard InChI is InChI=1S/C21H13Cl2N3O3.C7H16O.C6H14O3S/c22-15-3-10-20(23)19(13-15)21(27)14-1-4-16(5-2-14)28-17-6-8-18(9-7-17)29-26-12-11-24-25-26;1-5-8-6-7(2,3)4;1-6(2,3)5-9-10(4,7)8/h1-13H;5-6H2,1-4H3;5H2,1-4H3. The van der Waals surface area contributed by atoms with Crippen LogP contribution in [0.3, 0.4) is 0 Å². The number of carbonyl (C=O) groups is 1. The molecule has 4 rings (SSSR count). The minimum absolute atomic E-state index is 0.0942. The maximum atomic E-state index is 12.6. The van der Waals surface area contributed by atoms with Gasteiger partial charge in [-0.05, 0) is 89.7 Å². The zero-order valence-corrected chi connectivity index (χ0v) is 30.3. The maximum Gasteiger partial charge on any atom is 0.264 e. The minimum atomic E-state index is -3.26. The minimum Gasteiger partial charge on any atom is -0.457 e. The van der Waals surface area contributed by atoms with Crippen LogP contribution >= 0.6 is 23.2 Å². The maximum absolute atomic E-state index is 12.6. The van der Waals surface area contributed by atoms with Gasteiger partial charge in [0.1, 0.15) is 11.5 Å². The normalized spacial score (nSPS) is 11.4. The molecule has 1 heterocycles. The lowest BCUT2D eigenvalue weighted by molar-refractivity contribution is 0.0805. The molecule has 4 aromatic rings. The summed E-state index contributed by atoms with van der Waals surface area (Å²) in [5.41, 5.74) is 1.08. The lowest BCUT2D eigenvalue weighted by Gasteiger charge is -2.16. The Morgan fingerprint density at radius 3 is 1.83 bits per heavy atom. The van der Waals surface area contributed by atoms with Crippen molar-refractivity contribution >= 4 is 39.1 Å². The van der Waals surface area contributed by atoms with E-state index in [1.807, 2.05) is 27.7 Å². The molecule has 0 bridgehead atoms. The summed E-state index contributed by atoms with van der Waals surface area (Å²) in [6.07, 6.45) is 4.16. The van der Waals surface area contributed by atoms with Gasteiger partial charge in [0.05, 0.1) is 36.9 Å². The van der Waals surface area contributed by atoms with Gasteiger partial charge in [-0.2, -0.15) is 8.42 Å². The van der Waals surface area contributed by atoms with Gasteiger partial charge in [0.25, 0.3) is 10.1 Å². The molecule has 0 spiro atoms. The van der Waals surface area contributed by atoms with Crippen molar-refractivity contribution in [3.05, 3.63) is 100 Å². The zero-order valence-electron chi connectivity index (χ0n) is 28.0. The fourth-order valence-corrected chi connectivity index (χ4v) is 4.20. The van der Waals surface area contributed by atoms with Gasteiger partial charge < -0.3 is 14.3 Å². The molecule has 1 aromatic heterocycles. The average molecular weight is 709 g/mol. The summed E-state index contributed by atoms with van der Waals surface area (Å²) in [6, 6.07) is 18.6. The third-order valence-corrected chi connectivity index (χ3v) is 6.50. The Bertz CT molecular complexity index is 1630. The molecule has 0 fully saturated rings. The highest BCUT2D eigenvalue weighted by atomic mass is 35.5. The molecule has 0 saturated heterocycles. The molecule has 0 atom stereocenters. The lowest BCUT2D eigenvalue weighted by atomic mass is 9.99. The van der Waals surface area contributed by atoms with Crippen molar-refractivity contribution in [2.24, 2.45) is 10.8 Å². The molecule has 0 aliphatic heterocycles. The number of hydrogen-bond donors (Lipinski definition) is 0. The molecule has 0 aliphatic rings. The summed E-state index contributed by atoms with van der Waals surface area (Å²) in [7, 11) is -3.26. The van der Waals surface area contributed by atoms with Crippen molar-refractivity contribution in [3.8, 4) is 17.2 Å². The third kappa shape index (κ3) is 16.8. The molecule has 0 saturated carbocycles. The van der Waals surface area contributed by atoms with Crippen LogP contribution in [0.1, 0.15) is 64.4 Å². The van der Waals surface area contributed by atoms with E-state index >= 15 is 0 Å². The number of hydrogen-bond acceptors (Lipinski definition) is 9. The summed E-state index contributed by atoms with van der Waals surface area (Å²) in [5.74, 6) is 1.58. The van der Waals surface area contributed by atoms with E-state index in [-0.39, 0.29) is 17.8 Å². The van der Waals surface area contributed by atoms with E-state index in [0.29, 0.717) is 43.8 Å². The zero-order chi connectivity index (χ0) is 35.3. The number of nitrogens with zero attached hydrogens (tertiary/aromatic N) is 3. The number of ketones is 1. The van der Waals surface area contributed by atoms with Crippen LogP contribution in [0.2, 0.25) is 10.0 Å². The van der Waals surface area contributed by atoms with Crippen LogP contribution in [0.15, 0.2) is 79.1 Å². The molecule has 0 unspecified atom stereocenters. The number of aromatic nitrogens is 3. The van der Waals surface area contributed by atoms with Gasteiger partial charge >= 0.3 is 0 Å². The highest BCUT2D eigenvalue weighted by Crippen LogP contribution is 2.27. The Labute approximate surface area is 288 Å². The van der Waals surface area contributed by atoms with Gasteiger partial charge in [0.15, 0.2) is 11.5 Å². The van der Waals surface area contributed by atoms with Crippen molar-refractivity contribution in [1.82, 2.24) is 15.2 Å². The van der Waals surface area contributed by atoms with Gasteiger partial charge in [-0.1, -0.05) is 69.6 Å². The predicted molar refractivity (Wildman–Crippen MR) is 185 cm³/mol. The first kappa shape index (κ1) is 39.7. The fourth-order valence-electron chi connectivity index (χ4n) is 3.25. The van der Waals surface area contributed by atoms with E-state index in [0.717, 1.165) is 19.5 Å². The van der Waals surface area contributed by atoms with E-state index in [4.69, 9.17) is 37.5 Å². The first-order chi connectivity index (χ1) is 21.8. The third-order valence-electron chi connectivity index (χ3n) is 5.39. The topological polar surface area (TPSA) is 119 Å². The van der Waals surface area contributed by atoms with Crippen LogP contribution in [-0.4, -0.2) is 55.4 Å². The van der Waals surface area contributed by atoms with Gasteiger partial charge in [-0.15, -0.1) is 5.10 Å². The number of halogens is 2. The van der Waals surface area contributed by atoms with Crippen molar-refractivity contribution < 1.29 is 31.7 Å². The summed E-state index contributed by atoms with van der Waals surface area (Å²) < 4.78 is 36.5. The predicted octanol–water partition coefficient (Wildman–Crippen LogP) is 8.53. The van der Waals surface area contributed by atoms with Crippen LogP contribution in [0.25, 0.3) is 0 Å². The molecule has 13 heteroatoms. The second-order valence-electron chi connectivity index (χ2n) is 12.7. The van der Waals surface area contributed by atoms with Gasteiger partial charge in [0, 0.05) is 22.8 Å². The van der Waals surface area contributed by atoms with Crippen LogP contribution in [0, 0.1) is 10.8 Å². The quantitative estimate of drug-likeness (QED) is 0.118. The Morgan fingerprint density at radius 2 is 1.38 bits per heavy atom. The van der Waals surface area contributed by atoms with Gasteiger partial charge in [-0.25, -0.2) is 0 Å². The number of carbonyl (C=O) groups excluding carboxylic acids is 1. The highest BCUT2D eigenvalue weighted by Gasteiger charge is 2.15. The number of ether oxygens (including phenoxy) is 2. The lowest BCUT2D eigenvalue weighted by Crippen LogP contribution is -2.17. The van der Waals surface area contributed by atoms with Crippen LogP contribution in [0.5, 0.6) is 17.2 Å². The Hall–Kier alpha value is -3.48. The summed E-state index contributed by atoms with van der Waals surface area (Å²) in [5, 5.41) is 8.20. The smallest absolute Gasteiger partial charge is 0.264 e. The average Bonchev–Trinajstić information content (AvgIpc) is 3.50. The van der Waals surface area contributed by atoms with E-state index in [1.165, 1.54) is 11.0 Å². The molecule has 3 aromatic carbocycles. The Kier molecular flexibility index (Phi) is 15.3. The summed E-state index contributed by atoms with van der Waals surface area (Å²) in [6.45, 7) is 16.2. The fraction of sp³-hybridized carbons (Fsp3) is 0.382. The molecule has 0 aliphatic carbocycles. The van der Waals surface area contributed by atoms with Crippen LogP contribution in [-0.2, 0) is 19.0 Å². The number of rotatable bonds is 10. The molecular formula is C34H43Cl2N3O7S. The van der Waals surface area contributed by atoms with Crippen molar-refractivity contribution in [2.45, 2.75) is 48.5 Å². The first-order valence-corrected chi connectivity index (χ1v) is 17.3.